The molecule has 5 rings (SSSR count). The highest BCUT2D eigenvalue weighted by Gasteiger charge is 2.23. The van der Waals surface area contributed by atoms with Gasteiger partial charge in [-0.15, -0.1) is 0 Å². The second-order valence-electron chi connectivity index (χ2n) is 7.88. The lowest BCUT2D eigenvalue weighted by Gasteiger charge is -2.06. The molecule has 0 bridgehead atoms. The molecule has 1 amide bonds. The molecule has 8 heteroatoms. The molecule has 176 valence electrons. The number of aromatic nitrogens is 1. The van der Waals surface area contributed by atoms with E-state index in [0.29, 0.717) is 33.2 Å². The molecule has 0 aliphatic carbocycles. The fourth-order valence-electron chi connectivity index (χ4n) is 3.75. The fourth-order valence-corrected chi connectivity index (χ4v) is 4.74. The number of esters is 1. The first-order valence-corrected chi connectivity index (χ1v) is 11.9. The molecule has 7 nitrogen and oxygen atoms in total. The number of nitrogens with one attached hydrogen (secondary N) is 1. The van der Waals surface area contributed by atoms with E-state index in [1.54, 1.807) is 25.1 Å². The second kappa shape index (κ2) is 9.60. The van der Waals surface area contributed by atoms with E-state index in [4.69, 9.17) is 13.9 Å². The average Bonchev–Trinajstić information content (AvgIpc) is 3.43. The minimum atomic E-state index is -0.480. The molecule has 3 aromatic carbocycles. The second-order valence-corrected chi connectivity index (χ2v) is 8.91. The van der Waals surface area contributed by atoms with Crippen molar-refractivity contribution in [2.24, 2.45) is 0 Å². The Labute approximate surface area is 205 Å². The van der Waals surface area contributed by atoms with Gasteiger partial charge in [-0.25, -0.2) is 9.78 Å². The maximum absolute atomic E-state index is 12.8. The molecule has 0 saturated carbocycles. The lowest BCUT2D eigenvalue weighted by Crippen LogP contribution is -2.20. The third-order valence-electron chi connectivity index (χ3n) is 5.34. The maximum atomic E-state index is 12.8. The number of amides is 1. The third-order valence-corrected chi connectivity index (χ3v) is 6.27. The lowest BCUT2D eigenvalue weighted by molar-refractivity contribution is -0.118. The Kier molecular flexibility index (Phi) is 6.20. The molecule has 0 aliphatic heterocycles. The van der Waals surface area contributed by atoms with Crippen LogP contribution in [0.5, 0.6) is 5.75 Å². The molecule has 0 spiro atoms. The zero-order valence-corrected chi connectivity index (χ0v) is 20.0. The number of nitrogens with zero attached hydrogens (tertiary/aromatic N) is 1. The summed E-state index contributed by atoms with van der Waals surface area (Å²) in [5, 5.41) is 3.85. The molecular weight excluding hydrogens is 464 g/mol. The van der Waals surface area contributed by atoms with Crippen LogP contribution >= 0.6 is 11.3 Å². The summed E-state index contributed by atoms with van der Waals surface area (Å²) < 4.78 is 18.0. The van der Waals surface area contributed by atoms with Crippen LogP contribution in [0.15, 0.2) is 71.1 Å². The van der Waals surface area contributed by atoms with Gasteiger partial charge in [0.2, 0.25) is 0 Å². The van der Waals surface area contributed by atoms with E-state index < -0.39 is 5.97 Å². The first kappa shape index (κ1) is 22.6. The summed E-state index contributed by atoms with van der Waals surface area (Å²) in [5.41, 5.74) is 3.58. The Morgan fingerprint density at radius 3 is 2.69 bits per heavy atom. The van der Waals surface area contributed by atoms with Crippen molar-refractivity contribution in [1.82, 2.24) is 4.98 Å². The quantitative estimate of drug-likeness (QED) is 0.275. The molecule has 0 aliphatic rings. The van der Waals surface area contributed by atoms with Crippen molar-refractivity contribution in [3.63, 3.8) is 0 Å². The Morgan fingerprint density at radius 2 is 1.89 bits per heavy atom. The number of furan rings is 1. The van der Waals surface area contributed by atoms with Crippen LogP contribution in [0.4, 0.5) is 5.13 Å². The number of fused-ring (bicyclic) bond motifs is 2. The van der Waals surface area contributed by atoms with E-state index >= 15 is 0 Å². The number of thiazole rings is 1. The van der Waals surface area contributed by atoms with E-state index in [9.17, 15) is 9.59 Å². The predicted octanol–water partition coefficient (Wildman–Crippen LogP) is 6.21. The van der Waals surface area contributed by atoms with Gasteiger partial charge in [-0.05, 0) is 49.7 Å². The fraction of sp³-hybridized carbons (Fsp3) is 0.148. The monoisotopic (exact) mass is 486 g/mol. The summed E-state index contributed by atoms with van der Waals surface area (Å²) in [7, 11) is 0. The van der Waals surface area contributed by atoms with Gasteiger partial charge in [0.05, 0.1) is 16.8 Å². The van der Waals surface area contributed by atoms with Crippen LogP contribution in [0.2, 0.25) is 0 Å². The molecule has 0 radical (unpaired) electrons. The van der Waals surface area contributed by atoms with Crippen LogP contribution in [0.1, 0.15) is 22.8 Å². The van der Waals surface area contributed by atoms with Gasteiger partial charge in [0.25, 0.3) is 5.91 Å². The molecule has 0 saturated heterocycles. The van der Waals surface area contributed by atoms with Crippen molar-refractivity contribution in [2.45, 2.75) is 13.8 Å². The van der Waals surface area contributed by atoms with Crippen molar-refractivity contribution in [3.8, 4) is 17.1 Å². The van der Waals surface area contributed by atoms with E-state index in [0.717, 1.165) is 21.3 Å². The predicted molar refractivity (Wildman–Crippen MR) is 136 cm³/mol. The normalized spacial score (nSPS) is 11.0. The largest absolute Gasteiger partial charge is 0.484 e. The van der Waals surface area contributed by atoms with Gasteiger partial charge in [-0.2, -0.15) is 0 Å². The molecule has 35 heavy (non-hydrogen) atoms. The van der Waals surface area contributed by atoms with Gasteiger partial charge in [-0.1, -0.05) is 47.7 Å². The zero-order chi connectivity index (χ0) is 24.4. The smallest absolute Gasteiger partial charge is 0.342 e. The summed E-state index contributed by atoms with van der Waals surface area (Å²) in [4.78, 5) is 29.7. The summed E-state index contributed by atoms with van der Waals surface area (Å²) in [6.07, 6.45) is 0. The van der Waals surface area contributed by atoms with Gasteiger partial charge >= 0.3 is 5.97 Å². The van der Waals surface area contributed by atoms with Crippen LogP contribution in [0, 0.1) is 6.92 Å². The summed E-state index contributed by atoms with van der Waals surface area (Å²) >= 11 is 1.41. The number of ether oxygens (including phenoxy) is 2. The third kappa shape index (κ3) is 4.74. The Balaban J connectivity index is 1.37. The Hall–Kier alpha value is -4.17. The van der Waals surface area contributed by atoms with Crippen molar-refractivity contribution in [1.29, 1.82) is 0 Å². The zero-order valence-electron chi connectivity index (χ0n) is 19.2. The number of benzene rings is 3. The van der Waals surface area contributed by atoms with Crippen molar-refractivity contribution in [3.05, 3.63) is 77.9 Å². The van der Waals surface area contributed by atoms with E-state index in [1.165, 1.54) is 11.3 Å². The van der Waals surface area contributed by atoms with E-state index in [-0.39, 0.29) is 19.1 Å². The standard InChI is InChI=1S/C27H22N2O5S/c1-3-32-26(31)24-19-14-18(10-12-21(19)34-25(24)17-7-5-4-6-8-17)33-15-23(30)29-27-28-20-11-9-16(2)13-22(20)35-27/h4-14H,3,15H2,1-2H3,(H,28,29,30). The number of carbonyl (C=O) groups excluding carboxylic acids is 2. The topological polar surface area (TPSA) is 90.7 Å². The molecule has 2 heterocycles. The molecule has 1 N–H and O–H groups in total. The summed E-state index contributed by atoms with van der Waals surface area (Å²) in [6.45, 7) is 3.79. The Bertz CT molecular complexity index is 1540. The van der Waals surface area contributed by atoms with Crippen LogP contribution in [0.25, 0.3) is 32.5 Å². The molecule has 0 unspecified atom stereocenters. The number of carbonyl (C=O) groups is 2. The van der Waals surface area contributed by atoms with Crippen molar-refractivity contribution < 1.29 is 23.5 Å². The number of hydrogen-bond donors (Lipinski definition) is 1. The van der Waals surface area contributed by atoms with Gasteiger partial charge in [0.15, 0.2) is 11.7 Å². The highest BCUT2D eigenvalue weighted by atomic mass is 32.1. The van der Waals surface area contributed by atoms with Gasteiger partial charge in [0.1, 0.15) is 22.7 Å². The molecule has 2 aromatic heterocycles. The first-order valence-electron chi connectivity index (χ1n) is 11.1. The van der Waals surface area contributed by atoms with E-state index in [2.05, 4.69) is 10.3 Å². The first-order chi connectivity index (χ1) is 17.0. The van der Waals surface area contributed by atoms with Gasteiger partial charge in [0, 0.05) is 10.9 Å². The van der Waals surface area contributed by atoms with E-state index in [1.807, 2.05) is 55.5 Å². The highest BCUT2D eigenvalue weighted by molar-refractivity contribution is 7.22. The minimum absolute atomic E-state index is 0.210. The number of rotatable bonds is 7. The van der Waals surface area contributed by atoms with Crippen LogP contribution in [-0.4, -0.2) is 30.1 Å². The molecular formula is C27H22N2O5S. The lowest BCUT2D eigenvalue weighted by atomic mass is 10.1. The molecule has 5 aromatic rings. The maximum Gasteiger partial charge on any atom is 0.342 e. The highest BCUT2D eigenvalue weighted by Crippen LogP contribution is 2.36. The molecule has 0 fully saturated rings. The molecule has 0 atom stereocenters. The summed E-state index contributed by atoms with van der Waals surface area (Å²) in [6, 6.07) is 20.4. The number of anilines is 1. The number of aryl methyl sites for hydroxylation is 1. The number of hydrogen-bond acceptors (Lipinski definition) is 7. The summed E-state index contributed by atoms with van der Waals surface area (Å²) in [5.74, 6) is 0.0493. The van der Waals surface area contributed by atoms with Crippen molar-refractivity contribution in [2.75, 3.05) is 18.5 Å². The van der Waals surface area contributed by atoms with Crippen molar-refractivity contribution >= 4 is 49.5 Å². The Morgan fingerprint density at radius 1 is 1.06 bits per heavy atom. The van der Waals surface area contributed by atoms with Gasteiger partial charge < -0.3 is 13.9 Å². The van der Waals surface area contributed by atoms with Gasteiger partial charge in [-0.3, -0.25) is 10.1 Å². The average molecular weight is 487 g/mol. The van der Waals surface area contributed by atoms with Crippen LogP contribution in [0.3, 0.4) is 0 Å². The SMILES string of the molecule is CCOC(=O)c1c(-c2ccccc2)oc2ccc(OCC(=O)Nc3nc4ccc(C)cc4s3)cc12. The van der Waals surface area contributed by atoms with Crippen LogP contribution < -0.4 is 10.1 Å². The minimum Gasteiger partial charge on any atom is -0.484 e. The van der Waals surface area contributed by atoms with Crippen LogP contribution in [-0.2, 0) is 9.53 Å².